The van der Waals surface area contributed by atoms with Crippen LogP contribution in [0.25, 0.3) is 0 Å². The lowest BCUT2D eigenvalue weighted by molar-refractivity contribution is -0.138. The van der Waals surface area contributed by atoms with Crippen molar-refractivity contribution >= 4 is 24.4 Å². The van der Waals surface area contributed by atoms with E-state index in [0.29, 0.717) is 25.6 Å². The fourth-order valence-corrected chi connectivity index (χ4v) is 3.35. The molecule has 0 radical (unpaired) electrons. The molecule has 1 heterocycles. The average molecular weight is 320 g/mol. The Morgan fingerprint density at radius 2 is 1.81 bits per heavy atom. The van der Waals surface area contributed by atoms with E-state index >= 15 is 0 Å². The van der Waals surface area contributed by atoms with E-state index in [-0.39, 0.29) is 24.4 Å². The molecule has 21 heavy (non-hydrogen) atoms. The molecule has 6 nitrogen and oxygen atoms in total. The lowest BCUT2D eigenvalue weighted by atomic mass is 9.83. The number of hydrogen-bond donors (Lipinski definition) is 2. The number of hydrogen-bond acceptors (Lipinski definition) is 3. The van der Waals surface area contributed by atoms with Crippen molar-refractivity contribution in [1.29, 1.82) is 0 Å². The van der Waals surface area contributed by atoms with Gasteiger partial charge in [0.15, 0.2) is 0 Å². The molecule has 0 aromatic heterocycles. The number of carbonyl (C=O) groups is 2. The molecule has 1 aliphatic carbocycles. The number of carbonyl (C=O) groups excluding carboxylic acids is 1. The van der Waals surface area contributed by atoms with Crippen LogP contribution in [0.15, 0.2) is 0 Å². The molecular formula is C14H26ClN3O3. The van der Waals surface area contributed by atoms with E-state index in [1.807, 2.05) is 6.92 Å². The van der Waals surface area contributed by atoms with Gasteiger partial charge in [-0.3, -0.25) is 4.79 Å². The minimum Gasteiger partial charge on any atom is -0.465 e. The van der Waals surface area contributed by atoms with E-state index in [2.05, 4.69) is 0 Å². The smallest absolute Gasteiger partial charge is 0.407 e. The minimum absolute atomic E-state index is 0. The monoisotopic (exact) mass is 319 g/mol. The third-order valence-corrected chi connectivity index (χ3v) is 4.62. The summed E-state index contributed by atoms with van der Waals surface area (Å²) in [6.45, 7) is 3.09. The maximum Gasteiger partial charge on any atom is 0.407 e. The third-order valence-electron chi connectivity index (χ3n) is 4.62. The summed E-state index contributed by atoms with van der Waals surface area (Å²) in [5, 5.41) is 8.99. The number of amides is 2. The quantitative estimate of drug-likeness (QED) is 0.808. The topological polar surface area (TPSA) is 86.9 Å². The molecule has 3 N–H and O–H groups in total. The van der Waals surface area contributed by atoms with E-state index in [0.717, 1.165) is 25.7 Å². The molecule has 7 heteroatoms. The van der Waals surface area contributed by atoms with Gasteiger partial charge in [-0.25, -0.2) is 4.79 Å². The Morgan fingerprint density at radius 3 is 2.33 bits per heavy atom. The molecule has 0 aromatic rings. The van der Waals surface area contributed by atoms with Gasteiger partial charge >= 0.3 is 6.09 Å². The van der Waals surface area contributed by atoms with Crippen LogP contribution in [0, 0.1) is 5.92 Å². The molecule has 2 amide bonds. The highest BCUT2D eigenvalue weighted by atomic mass is 35.5. The van der Waals surface area contributed by atoms with Crippen molar-refractivity contribution in [2.75, 3.05) is 19.6 Å². The first-order valence-electron chi connectivity index (χ1n) is 7.54. The van der Waals surface area contributed by atoms with Crippen molar-refractivity contribution < 1.29 is 14.7 Å². The summed E-state index contributed by atoms with van der Waals surface area (Å²) < 4.78 is 0. The van der Waals surface area contributed by atoms with Gasteiger partial charge in [0, 0.05) is 25.7 Å². The number of halogens is 1. The Labute approximate surface area is 132 Å². The maximum absolute atomic E-state index is 12.5. The van der Waals surface area contributed by atoms with Crippen molar-refractivity contribution in [3.8, 4) is 0 Å². The second-order valence-corrected chi connectivity index (χ2v) is 6.03. The Kier molecular flexibility index (Phi) is 6.74. The van der Waals surface area contributed by atoms with Crippen LogP contribution in [0.4, 0.5) is 4.79 Å². The van der Waals surface area contributed by atoms with Crippen molar-refractivity contribution in [1.82, 2.24) is 9.80 Å². The van der Waals surface area contributed by atoms with Crippen LogP contribution < -0.4 is 5.73 Å². The third kappa shape index (κ3) is 4.23. The summed E-state index contributed by atoms with van der Waals surface area (Å²) in [4.78, 5) is 26.6. The molecule has 2 rings (SSSR count). The zero-order valence-electron chi connectivity index (χ0n) is 12.5. The number of rotatable bonds is 2. The number of nitrogens with zero attached hydrogens (tertiary/aromatic N) is 2. The molecule has 2 fully saturated rings. The molecule has 1 aliphatic heterocycles. The van der Waals surface area contributed by atoms with Gasteiger partial charge < -0.3 is 20.6 Å². The zero-order chi connectivity index (χ0) is 14.7. The van der Waals surface area contributed by atoms with Gasteiger partial charge in [-0.15, -0.1) is 12.4 Å². The van der Waals surface area contributed by atoms with Crippen LogP contribution in [0.3, 0.4) is 0 Å². The molecule has 1 saturated carbocycles. The number of carboxylic acid groups (broad SMARTS) is 1. The highest BCUT2D eigenvalue weighted by Gasteiger charge is 2.35. The first kappa shape index (κ1) is 18.0. The second kappa shape index (κ2) is 7.84. The Bertz CT molecular complexity index is 374. The molecule has 122 valence electrons. The van der Waals surface area contributed by atoms with Crippen LogP contribution in [0.1, 0.15) is 39.0 Å². The summed E-state index contributed by atoms with van der Waals surface area (Å²) in [5.41, 5.74) is 6.16. The number of nitrogens with two attached hydrogens (primary N) is 1. The molecule has 2 atom stereocenters. The zero-order valence-corrected chi connectivity index (χ0v) is 13.3. The van der Waals surface area contributed by atoms with Crippen molar-refractivity contribution in [3.63, 3.8) is 0 Å². The summed E-state index contributed by atoms with van der Waals surface area (Å²) in [6.07, 6.45) is 4.72. The van der Waals surface area contributed by atoms with Crippen molar-refractivity contribution in [3.05, 3.63) is 0 Å². The standard InChI is InChI=1S/C14H25N3O3.ClH/c1-10-9-16(14(19)20)7-8-17(10)13(18)12(15)11-5-3-2-4-6-11;/h10-12H,2-9,15H2,1H3,(H,19,20);1H/t10-,12+;/m1./s1. The largest absolute Gasteiger partial charge is 0.465 e. The lowest BCUT2D eigenvalue weighted by Gasteiger charge is -2.41. The molecule has 0 bridgehead atoms. The van der Waals surface area contributed by atoms with E-state index in [1.165, 1.54) is 11.3 Å². The fraction of sp³-hybridized carbons (Fsp3) is 0.857. The van der Waals surface area contributed by atoms with Gasteiger partial charge in [-0.2, -0.15) is 0 Å². The van der Waals surface area contributed by atoms with Crippen LogP contribution in [-0.4, -0.2) is 58.6 Å². The van der Waals surface area contributed by atoms with Gasteiger partial charge in [0.05, 0.1) is 6.04 Å². The van der Waals surface area contributed by atoms with Crippen LogP contribution in [0.2, 0.25) is 0 Å². The summed E-state index contributed by atoms with van der Waals surface area (Å²) >= 11 is 0. The van der Waals surface area contributed by atoms with Gasteiger partial charge in [0.1, 0.15) is 0 Å². The lowest BCUT2D eigenvalue weighted by Crippen LogP contribution is -2.59. The molecule has 0 aromatic carbocycles. The minimum atomic E-state index is -0.916. The van der Waals surface area contributed by atoms with Crippen molar-refractivity contribution in [2.24, 2.45) is 11.7 Å². The first-order valence-corrected chi connectivity index (χ1v) is 7.54. The van der Waals surface area contributed by atoms with E-state index in [4.69, 9.17) is 10.8 Å². The van der Waals surface area contributed by atoms with Crippen LogP contribution >= 0.6 is 12.4 Å². The second-order valence-electron chi connectivity index (χ2n) is 6.03. The molecular weight excluding hydrogens is 294 g/mol. The predicted octanol–water partition coefficient (Wildman–Crippen LogP) is 1.53. The fourth-order valence-electron chi connectivity index (χ4n) is 3.35. The van der Waals surface area contributed by atoms with Gasteiger partial charge in [-0.05, 0) is 25.7 Å². The Balaban J connectivity index is 0.00000220. The number of piperazine rings is 1. The normalized spacial score (nSPS) is 25.1. The SMILES string of the molecule is C[C@@H]1CN(C(=O)O)CCN1C(=O)[C@@H](N)C1CCCCC1.Cl. The average Bonchev–Trinajstić information content (AvgIpc) is 2.46. The van der Waals surface area contributed by atoms with Gasteiger partial charge in [0.25, 0.3) is 0 Å². The van der Waals surface area contributed by atoms with Gasteiger partial charge in [0.2, 0.25) is 5.91 Å². The molecule has 0 unspecified atom stereocenters. The Morgan fingerprint density at radius 1 is 1.19 bits per heavy atom. The van der Waals surface area contributed by atoms with Crippen LogP contribution in [0.5, 0.6) is 0 Å². The van der Waals surface area contributed by atoms with E-state index in [1.54, 1.807) is 4.90 Å². The highest BCUT2D eigenvalue weighted by molar-refractivity contribution is 5.85. The summed E-state index contributed by atoms with van der Waals surface area (Å²) in [7, 11) is 0. The highest BCUT2D eigenvalue weighted by Crippen LogP contribution is 2.27. The Hall–Kier alpha value is -1.01. The molecule has 0 spiro atoms. The van der Waals surface area contributed by atoms with Crippen LogP contribution in [-0.2, 0) is 4.79 Å². The van der Waals surface area contributed by atoms with E-state index in [9.17, 15) is 9.59 Å². The molecule has 2 aliphatic rings. The summed E-state index contributed by atoms with van der Waals surface area (Å²) in [5.74, 6) is 0.287. The van der Waals surface area contributed by atoms with Crippen molar-refractivity contribution in [2.45, 2.75) is 51.1 Å². The van der Waals surface area contributed by atoms with Gasteiger partial charge in [-0.1, -0.05) is 19.3 Å². The predicted molar refractivity (Wildman–Crippen MR) is 82.6 cm³/mol. The summed E-state index contributed by atoms with van der Waals surface area (Å²) in [6, 6.07) is -0.517. The first-order chi connectivity index (χ1) is 9.50. The maximum atomic E-state index is 12.5. The molecule has 1 saturated heterocycles. The van der Waals surface area contributed by atoms with E-state index < -0.39 is 12.1 Å².